The van der Waals surface area contributed by atoms with Crippen molar-refractivity contribution in [1.82, 2.24) is 10.2 Å². The van der Waals surface area contributed by atoms with Crippen molar-refractivity contribution in [3.63, 3.8) is 0 Å². The van der Waals surface area contributed by atoms with Gasteiger partial charge in [-0.2, -0.15) is 5.10 Å². The number of sulfonamides is 1. The lowest BCUT2D eigenvalue weighted by Crippen LogP contribution is -2.13. The zero-order valence-corrected chi connectivity index (χ0v) is 9.45. The van der Waals surface area contributed by atoms with E-state index in [1.165, 1.54) is 6.20 Å². The van der Waals surface area contributed by atoms with Crippen LogP contribution in [0.1, 0.15) is 5.56 Å². The van der Waals surface area contributed by atoms with Crippen LogP contribution >= 0.6 is 0 Å². The van der Waals surface area contributed by atoms with E-state index in [0.29, 0.717) is 5.82 Å². The lowest BCUT2D eigenvalue weighted by molar-refractivity contribution is 0.601. The van der Waals surface area contributed by atoms with Gasteiger partial charge in [0.1, 0.15) is 5.82 Å². The molecule has 0 unspecified atom stereocenters. The number of H-pyrrole nitrogens is 1. The molecule has 0 aliphatic heterocycles. The molecule has 16 heavy (non-hydrogen) atoms. The van der Waals surface area contributed by atoms with Crippen LogP contribution in [0.3, 0.4) is 0 Å². The Morgan fingerprint density at radius 3 is 2.75 bits per heavy atom. The number of hydrogen-bond donors (Lipinski definition) is 2. The highest BCUT2D eigenvalue weighted by Gasteiger charge is 2.14. The van der Waals surface area contributed by atoms with Gasteiger partial charge in [0.15, 0.2) is 0 Å². The molecule has 0 aliphatic carbocycles. The van der Waals surface area contributed by atoms with Gasteiger partial charge in [-0.05, 0) is 24.6 Å². The molecule has 84 valence electrons. The maximum absolute atomic E-state index is 11.9. The third kappa shape index (κ3) is 2.22. The maximum Gasteiger partial charge on any atom is 0.263 e. The fourth-order valence-electron chi connectivity index (χ4n) is 1.30. The molecule has 1 heterocycles. The molecule has 0 saturated carbocycles. The molecule has 0 spiro atoms. The number of aryl methyl sites for hydroxylation is 1. The molecule has 0 atom stereocenters. The summed E-state index contributed by atoms with van der Waals surface area (Å²) in [5, 5.41) is 6.20. The second-order valence-electron chi connectivity index (χ2n) is 3.39. The van der Waals surface area contributed by atoms with Crippen LogP contribution in [0.15, 0.2) is 41.4 Å². The van der Waals surface area contributed by atoms with E-state index in [2.05, 4.69) is 14.9 Å². The molecule has 0 amide bonds. The zero-order valence-electron chi connectivity index (χ0n) is 8.64. The second kappa shape index (κ2) is 3.97. The normalized spacial score (nSPS) is 11.3. The van der Waals surface area contributed by atoms with Crippen molar-refractivity contribution in [3.05, 3.63) is 42.1 Å². The predicted molar refractivity (Wildman–Crippen MR) is 60.6 cm³/mol. The number of aromatic amines is 1. The molecule has 0 aliphatic rings. The Bertz CT molecular complexity index is 576. The number of benzene rings is 1. The van der Waals surface area contributed by atoms with Gasteiger partial charge in [-0.3, -0.25) is 9.82 Å². The Morgan fingerprint density at radius 2 is 2.12 bits per heavy atom. The highest BCUT2D eigenvalue weighted by Crippen LogP contribution is 2.14. The average Bonchev–Trinajstić information content (AvgIpc) is 2.70. The molecule has 1 aromatic heterocycles. The van der Waals surface area contributed by atoms with Gasteiger partial charge in [0.2, 0.25) is 0 Å². The van der Waals surface area contributed by atoms with Gasteiger partial charge in [0.25, 0.3) is 10.0 Å². The molecule has 0 bridgehead atoms. The first-order valence-electron chi connectivity index (χ1n) is 4.67. The summed E-state index contributed by atoms with van der Waals surface area (Å²) >= 11 is 0. The second-order valence-corrected chi connectivity index (χ2v) is 5.07. The van der Waals surface area contributed by atoms with Crippen LogP contribution in [0.4, 0.5) is 5.82 Å². The molecule has 2 N–H and O–H groups in total. The number of nitrogens with zero attached hydrogens (tertiary/aromatic N) is 1. The minimum atomic E-state index is -3.53. The monoisotopic (exact) mass is 237 g/mol. The van der Waals surface area contributed by atoms with Crippen LogP contribution in [-0.4, -0.2) is 18.6 Å². The van der Waals surface area contributed by atoms with Crippen LogP contribution in [0.2, 0.25) is 0 Å². The van der Waals surface area contributed by atoms with Crippen molar-refractivity contribution < 1.29 is 8.42 Å². The predicted octanol–water partition coefficient (Wildman–Crippen LogP) is 1.52. The van der Waals surface area contributed by atoms with Crippen molar-refractivity contribution in [2.75, 3.05) is 4.72 Å². The summed E-state index contributed by atoms with van der Waals surface area (Å²) in [5.41, 5.74) is 0.896. The Balaban J connectivity index is 2.33. The van der Waals surface area contributed by atoms with E-state index >= 15 is 0 Å². The summed E-state index contributed by atoms with van der Waals surface area (Å²) in [4.78, 5) is 0.238. The van der Waals surface area contributed by atoms with Crippen LogP contribution in [-0.2, 0) is 10.0 Å². The van der Waals surface area contributed by atoms with Crippen LogP contribution in [0, 0.1) is 6.92 Å². The molecule has 6 heteroatoms. The van der Waals surface area contributed by atoms with E-state index in [1.807, 2.05) is 13.0 Å². The van der Waals surface area contributed by atoms with E-state index in [4.69, 9.17) is 0 Å². The molecule has 0 fully saturated rings. The van der Waals surface area contributed by atoms with Crippen LogP contribution < -0.4 is 4.72 Å². The molecular weight excluding hydrogens is 226 g/mol. The molecule has 2 aromatic rings. The third-order valence-corrected chi connectivity index (χ3v) is 3.41. The molecular formula is C10H11N3O2S. The summed E-state index contributed by atoms with van der Waals surface area (Å²) in [7, 11) is -3.53. The maximum atomic E-state index is 11.9. The molecule has 0 saturated heterocycles. The molecule has 5 nitrogen and oxygen atoms in total. The van der Waals surface area contributed by atoms with Crippen molar-refractivity contribution in [3.8, 4) is 0 Å². The third-order valence-electron chi connectivity index (χ3n) is 2.04. The van der Waals surface area contributed by atoms with Gasteiger partial charge in [0.05, 0.1) is 11.1 Å². The number of hydrogen-bond acceptors (Lipinski definition) is 3. The van der Waals surface area contributed by atoms with Crippen molar-refractivity contribution in [2.45, 2.75) is 11.8 Å². The van der Waals surface area contributed by atoms with Gasteiger partial charge in [0, 0.05) is 6.07 Å². The number of nitrogens with one attached hydrogen (secondary N) is 2. The lowest BCUT2D eigenvalue weighted by Gasteiger charge is -2.06. The lowest BCUT2D eigenvalue weighted by atomic mass is 10.2. The first-order valence-corrected chi connectivity index (χ1v) is 6.15. The van der Waals surface area contributed by atoms with Gasteiger partial charge < -0.3 is 0 Å². The van der Waals surface area contributed by atoms with E-state index in [0.717, 1.165) is 5.56 Å². The minimum Gasteiger partial charge on any atom is -0.264 e. The number of aromatic nitrogens is 2. The Hall–Kier alpha value is -1.82. The molecule has 2 rings (SSSR count). The number of rotatable bonds is 3. The summed E-state index contributed by atoms with van der Waals surface area (Å²) in [5.74, 6) is 0.349. The van der Waals surface area contributed by atoms with E-state index in [-0.39, 0.29) is 4.90 Å². The number of anilines is 1. The highest BCUT2D eigenvalue weighted by molar-refractivity contribution is 7.92. The zero-order chi connectivity index (χ0) is 11.6. The van der Waals surface area contributed by atoms with E-state index in [1.54, 1.807) is 24.3 Å². The van der Waals surface area contributed by atoms with Gasteiger partial charge in [-0.15, -0.1) is 0 Å². The van der Waals surface area contributed by atoms with E-state index in [9.17, 15) is 8.42 Å². The van der Waals surface area contributed by atoms with Crippen molar-refractivity contribution >= 4 is 15.8 Å². The molecule has 0 radical (unpaired) electrons. The fraction of sp³-hybridized carbons (Fsp3) is 0.100. The summed E-state index contributed by atoms with van der Waals surface area (Å²) in [6.07, 6.45) is 1.48. The first-order chi connectivity index (χ1) is 7.58. The Labute approximate surface area is 93.6 Å². The smallest absolute Gasteiger partial charge is 0.263 e. The first kappa shape index (κ1) is 10.7. The van der Waals surface area contributed by atoms with Gasteiger partial charge in [-0.25, -0.2) is 8.42 Å². The highest BCUT2D eigenvalue weighted by atomic mass is 32.2. The van der Waals surface area contributed by atoms with Gasteiger partial charge in [-0.1, -0.05) is 12.1 Å². The SMILES string of the molecule is Cc1cccc(S(=O)(=O)Nc2ccn[nH]2)c1. The topological polar surface area (TPSA) is 74.8 Å². The van der Waals surface area contributed by atoms with Crippen molar-refractivity contribution in [1.29, 1.82) is 0 Å². The van der Waals surface area contributed by atoms with E-state index < -0.39 is 10.0 Å². The summed E-state index contributed by atoms with van der Waals surface area (Å²) < 4.78 is 26.2. The quantitative estimate of drug-likeness (QED) is 0.849. The van der Waals surface area contributed by atoms with Crippen LogP contribution in [0.25, 0.3) is 0 Å². The van der Waals surface area contributed by atoms with Crippen LogP contribution in [0.5, 0.6) is 0 Å². The fourth-order valence-corrected chi connectivity index (χ4v) is 2.42. The van der Waals surface area contributed by atoms with Crippen molar-refractivity contribution in [2.24, 2.45) is 0 Å². The molecule has 1 aromatic carbocycles. The van der Waals surface area contributed by atoms with Gasteiger partial charge >= 0.3 is 0 Å². The Morgan fingerprint density at radius 1 is 1.31 bits per heavy atom. The largest absolute Gasteiger partial charge is 0.264 e. The Kier molecular flexibility index (Phi) is 2.66. The summed E-state index contributed by atoms with van der Waals surface area (Å²) in [6.45, 7) is 1.84. The summed E-state index contributed by atoms with van der Waals surface area (Å²) in [6, 6.07) is 8.25. The minimum absolute atomic E-state index is 0.238. The average molecular weight is 237 g/mol. The standard InChI is InChI=1S/C10H11N3O2S/c1-8-3-2-4-9(7-8)16(14,15)13-10-5-6-11-12-10/h2-7H,1H3,(H2,11,12,13).